The molecular formula is C33H34O7. The number of hydrogen-bond acceptors (Lipinski definition) is 7. The molecule has 3 aromatic carbocycles. The minimum Gasteiger partial charge on any atom is -0.507 e. The summed E-state index contributed by atoms with van der Waals surface area (Å²) >= 11 is 0. The van der Waals surface area contributed by atoms with E-state index in [2.05, 4.69) is 6.92 Å². The van der Waals surface area contributed by atoms with Crippen LogP contribution in [0.5, 0.6) is 23.0 Å². The van der Waals surface area contributed by atoms with Gasteiger partial charge >= 0.3 is 5.97 Å². The molecule has 0 spiro atoms. The lowest BCUT2D eigenvalue weighted by molar-refractivity contribution is -0.135. The van der Waals surface area contributed by atoms with Crippen LogP contribution in [0.15, 0.2) is 70.1 Å². The molecule has 1 aromatic heterocycles. The molecule has 0 amide bonds. The molecule has 7 nitrogen and oxygen atoms in total. The summed E-state index contributed by atoms with van der Waals surface area (Å²) in [5, 5.41) is 10.9. The Hall–Kier alpha value is -4.26. The molecule has 0 fully saturated rings. The summed E-state index contributed by atoms with van der Waals surface area (Å²) in [7, 11) is 1.57. The molecule has 208 valence electrons. The quantitative estimate of drug-likeness (QED) is 0.120. The summed E-state index contributed by atoms with van der Waals surface area (Å²) in [4.78, 5) is 26.1. The van der Waals surface area contributed by atoms with Gasteiger partial charge in [0.25, 0.3) is 0 Å². The second kappa shape index (κ2) is 12.3. The molecule has 0 unspecified atom stereocenters. The zero-order valence-electron chi connectivity index (χ0n) is 22.9. The maximum absolute atomic E-state index is 13.6. The highest BCUT2D eigenvalue weighted by Crippen LogP contribution is 2.45. The topological polar surface area (TPSA) is 95.2 Å². The third-order valence-corrected chi connectivity index (χ3v) is 7.42. The second-order valence-electron chi connectivity index (χ2n) is 10.1. The number of ether oxygens (including phenoxy) is 3. The van der Waals surface area contributed by atoms with E-state index in [0.717, 1.165) is 24.2 Å². The Morgan fingerprint density at radius 3 is 2.35 bits per heavy atom. The van der Waals surface area contributed by atoms with Crippen LogP contribution >= 0.6 is 0 Å². The molecule has 1 N–H and O–H groups in total. The van der Waals surface area contributed by atoms with Crippen molar-refractivity contribution >= 4 is 16.9 Å². The Morgan fingerprint density at radius 2 is 1.62 bits per heavy atom. The molecule has 1 aliphatic heterocycles. The van der Waals surface area contributed by atoms with Crippen LogP contribution in [-0.4, -0.2) is 24.8 Å². The predicted molar refractivity (Wildman–Crippen MR) is 154 cm³/mol. The second-order valence-corrected chi connectivity index (χ2v) is 10.1. The first kappa shape index (κ1) is 27.3. The molecule has 0 bridgehead atoms. The summed E-state index contributed by atoms with van der Waals surface area (Å²) in [6, 6.07) is 16.0. The number of fused-ring (bicyclic) bond motifs is 3. The standard InChI is InChI=1S/C33H34O7/c1-3-4-5-6-7-8-17-38-24-15-11-21(12-16-24)25-18-29(35)40-28-19-27(34)31-32(36)26(20-39-33(31)30(25)28)22-9-13-23(37-2)14-10-22/h9-16,19-20,25,34H,3-8,17-18H2,1-2H3/t25-/m0/s1. The SMILES string of the molecule is CCCCCCCCOc1ccc([C@@H]2CC(=O)Oc3cc(O)c4c(=O)c(-c5ccc(OC)cc5)coc4c32)cc1. The molecule has 0 radical (unpaired) electrons. The molecule has 0 saturated heterocycles. The lowest BCUT2D eigenvalue weighted by Gasteiger charge is -2.26. The number of hydrogen-bond donors (Lipinski definition) is 1. The molecule has 5 rings (SSSR count). The van der Waals surface area contributed by atoms with Crippen molar-refractivity contribution in [1.82, 2.24) is 0 Å². The number of unbranched alkanes of at least 4 members (excludes halogenated alkanes) is 5. The first-order valence-corrected chi connectivity index (χ1v) is 13.9. The van der Waals surface area contributed by atoms with E-state index >= 15 is 0 Å². The van der Waals surface area contributed by atoms with Crippen LogP contribution in [0, 0.1) is 0 Å². The van der Waals surface area contributed by atoms with Gasteiger partial charge in [-0.3, -0.25) is 9.59 Å². The number of methoxy groups -OCH3 is 1. The largest absolute Gasteiger partial charge is 0.507 e. The molecule has 0 aliphatic carbocycles. The highest BCUT2D eigenvalue weighted by Gasteiger charge is 2.33. The van der Waals surface area contributed by atoms with Crippen molar-refractivity contribution < 1.29 is 28.5 Å². The van der Waals surface area contributed by atoms with Gasteiger partial charge in [-0.15, -0.1) is 0 Å². The van der Waals surface area contributed by atoms with E-state index in [0.29, 0.717) is 29.0 Å². The van der Waals surface area contributed by atoms with Gasteiger partial charge in [0, 0.05) is 17.5 Å². The van der Waals surface area contributed by atoms with Crippen molar-refractivity contribution in [2.24, 2.45) is 0 Å². The normalized spacial score (nSPS) is 14.6. The number of carbonyl (C=O) groups excluding carboxylic acids is 1. The Labute approximate surface area is 233 Å². The van der Waals surface area contributed by atoms with Crippen LogP contribution in [-0.2, 0) is 4.79 Å². The van der Waals surface area contributed by atoms with Crippen molar-refractivity contribution in [2.75, 3.05) is 13.7 Å². The van der Waals surface area contributed by atoms with Crippen molar-refractivity contribution in [1.29, 1.82) is 0 Å². The van der Waals surface area contributed by atoms with E-state index in [9.17, 15) is 14.7 Å². The first-order valence-electron chi connectivity index (χ1n) is 13.9. The van der Waals surface area contributed by atoms with Crippen molar-refractivity contribution in [2.45, 2.75) is 57.8 Å². The average molecular weight is 543 g/mol. The van der Waals surface area contributed by atoms with Crippen LogP contribution in [0.4, 0.5) is 0 Å². The fourth-order valence-electron chi connectivity index (χ4n) is 5.26. The van der Waals surface area contributed by atoms with Gasteiger partial charge in [0.05, 0.1) is 25.7 Å². The van der Waals surface area contributed by atoms with Gasteiger partial charge in [-0.1, -0.05) is 63.3 Å². The highest BCUT2D eigenvalue weighted by molar-refractivity contribution is 5.94. The third-order valence-electron chi connectivity index (χ3n) is 7.42. The smallest absolute Gasteiger partial charge is 0.312 e. The predicted octanol–water partition coefficient (Wildman–Crippen LogP) is 7.35. The fraction of sp³-hybridized carbons (Fsp3) is 0.333. The van der Waals surface area contributed by atoms with Crippen LogP contribution in [0.3, 0.4) is 0 Å². The molecule has 1 atom stereocenters. The number of rotatable bonds is 11. The van der Waals surface area contributed by atoms with Crippen molar-refractivity contribution in [3.8, 4) is 34.1 Å². The number of aromatic hydroxyl groups is 1. The summed E-state index contributed by atoms with van der Waals surface area (Å²) in [5.74, 6) is 0.482. The maximum atomic E-state index is 13.6. The van der Waals surface area contributed by atoms with E-state index in [4.69, 9.17) is 18.6 Å². The summed E-state index contributed by atoms with van der Waals surface area (Å²) in [6.45, 7) is 2.87. The first-order chi connectivity index (χ1) is 19.5. The minimum atomic E-state index is -0.420. The molecule has 1 aliphatic rings. The lowest BCUT2D eigenvalue weighted by atomic mass is 9.85. The van der Waals surface area contributed by atoms with Crippen molar-refractivity contribution in [3.05, 3.63) is 82.2 Å². The van der Waals surface area contributed by atoms with Crippen LogP contribution in [0.1, 0.15) is 68.9 Å². The number of esters is 1. The molecule has 4 aromatic rings. The van der Waals surface area contributed by atoms with Crippen LogP contribution in [0.25, 0.3) is 22.1 Å². The lowest BCUT2D eigenvalue weighted by Crippen LogP contribution is -2.22. The monoisotopic (exact) mass is 542 g/mol. The summed E-state index contributed by atoms with van der Waals surface area (Å²) < 4.78 is 22.6. The van der Waals surface area contributed by atoms with Gasteiger partial charge in [-0.2, -0.15) is 0 Å². The number of phenolic OH excluding ortho intramolecular Hbond substituents is 1. The minimum absolute atomic E-state index is 0.0499. The van der Waals surface area contributed by atoms with Crippen molar-refractivity contribution in [3.63, 3.8) is 0 Å². The molecule has 2 heterocycles. The van der Waals surface area contributed by atoms with E-state index in [1.54, 1.807) is 31.4 Å². The van der Waals surface area contributed by atoms with E-state index < -0.39 is 11.9 Å². The molecule has 7 heteroatoms. The van der Waals surface area contributed by atoms with Gasteiger partial charge < -0.3 is 23.7 Å². The van der Waals surface area contributed by atoms with Crippen LogP contribution < -0.4 is 19.6 Å². The van der Waals surface area contributed by atoms with Gasteiger partial charge in [-0.25, -0.2) is 0 Å². The zero-order chi connectivity index (χ0) is 28.1. The molecule has 0 saturated carbocycles. The Balaban J connectivity index is 1.43. The Kier molecular flexibility index (Phi) is 8.39. The van der Waals surface area contributed by atoms with Crippen LogP contribution in [0.2, 0.25) is 0 Å². The number of benzene rings is 3. The van der Waals surface area contributed by atoms with E-state index in [1.807, 2.05) is 24.3 Å². The highest BCUT2D eigenvalue weighted by atomic mass is 16.5. The number of phenols is 1. The van der Waals surface area contributed by atoms with Gasteiger partial charge in [0.2, 0.25) is 5.43 Å². The average Bonchev–Trinajstić information content (AvgIpc) is 2.96. The number of carbonyl (C=O) groups is 1. The third kappa shape index (κ3) is 5.69. The van der Waals surface area contributed by atoms with Gasteiger partial charge in [0.15, 0.2) is 0 Å². The van der Waals surface area contributed by atoms with E-state index in [-0.39, 0.29) is 34.3 Å². The molecule has 40 heavy (non-hydrogen) atoms. The zero-order valence-corrected chi connectivity index (χ0v) is 22.9. The van der Waals surface area contributed by atoms with E-state index in [1.165, 1.54) is 38.0 Å². The maximum Gasteiger partial charge on any atom is 0.312 e. The summed E-state index contributed by atoms with van der Waals surface area (Å²) in [5.41, 5.74) is 2.19. The Bertz CT molecular complexity index is 1530. The van der Waals surface area contributed by atoms with Gasteiger partial charge in [0.1, 0.15) is 40.2 Å². The van der Waals surface area contributed by atoms with Gasteiger partial charge in [-0.05, 0) is 41.8 Å². The molecular weight excluding hydrogens is 508 g/mol. The fourth-order valence-corrected chi connectivity index (χ4v) is 5.26. The Morgan fingerprint density at radius 1 is 0.925 bits per heavy atom. The summed E-state index contributed by atoms with van der Waals surface area (Å²) in [6.07, 6.45) is 8.65.